The van der Waals surface area contributed by atoms with E-state index in [1.165, 1.54) is 0 Å². The van der Waals surface area contributed by atoms with E-state index in [-0.39, 0.29) is 5.15 Å². The van der Waals surface area contributed by atoms with Crippen molar-refractivity contribution in [2.75, 3.05) is 18.5 Å². The van der Waals surface area contributed by atoms with Gasteiger partial charge in [-0.05, 0) is 26.2 Å². The maximum atomic E-state index is 10.9. The molecule has 0 bridgehead atoms. The zero-order valence-electron chi connectivity index (χ0n) is 10.3. The molecule has 1 atom stereocenters. The van der Waals surface area contributed by atoms with Crippen molar-refractivity contribution in [1.82, 2.24) is 9.97 Å². The lowest BCUT2D eigenvalue weighted by Gasteiger charge is -2.12. The number of rotatable bonds is 5. The smallest absolute Gasteiger partial charge is 0.156 e. The standard InChI is InChI=1S/C12H16ClN3O2/c1-8-15-11(13)10(7-17)12(16-8)14-5-4-9-3-2-6-18-9/h7,9H,2-6H2,1H3,(H,14,15,16). The third kappa shape index (κ3) is 3.17. The highest BCUT2D eigenvalue weighted by Crippen LogP contribution is 2.20. The Labute approximate surface area is 111 Å². The van der Waals surface area contributed by atoms with Gasteiger partial charge in [0.05, 0.1) is 11.7 Å². The Hall–Kier alpha value is -1.20. The second-order valence-corrected chi connectivity index (χ2v) is 4.65. The van der Waals surface area contributed by atoms with Gasteiger partial charge in [-0.2, -0.15) is 0 Å². The molecule has 98 valence electrons. The van der Waals surface area contributed by atoms with E-state index in [4.69, 9.17) is 16.3 Å². The predicted molar refractivity (Wildman–Crippen MR) is 69.2 cm³/mol. The molecule has 0 radical (unpaired) electrons. The Balaban J connectivity index is 1.97. The highest BCUT2D eigenvalue weighted by molar-refractivity contribution is 6.32. The molecule has 5 nitrogen and oxygen atoms in total. The van der Waals surface area contributed by atoms with Crippen molar-refractivity contribution in [3.8, 4) is 0 Å². The third-order valence-electron chi connectivity index (χ3n) is 2.91. The molecule has 1 unspecified atom stereocenters. The maximum Gasteiger partial charge on any atom is 0.156 e. The van der Waals surface area contributed by atoms with Gasteiger partial charge in [-0.25, -0.2) is 9.97 Å². The number of anilines is 1. The lowest BCUT2D eigenvalue weighted by Crippen LogP contribution is -2.14. The van der Waals surface area contributed by atoms with Crippen molar-refractivity contribution in [2.45, 2.75) is 32.3 Å². The molecule has 0 saturated carbocycles. The molecule has 0 aromatic carbocycles. The Morgan fingerprint density at radius 3 is 3.06 bits per heavy atom. The Morgan fingerprint density at radius 2 is 2.39 bits per heavy atom. The van der Waals surface area contributed by atoms with Gasteiger partial charge in [-0.3, -0.25) is 4.79 Å². The quantitative estimate of drug-likeness (QED) is 0.656. The van der Waals surface area contributed by atoms with Crippen LogP contribution in [0.25, 0.3) is 0 Å². The molecule has 2 rings (SSSR count). The van der Waals surface area contributed by atoms with Crippen LogP contribution in [0.15, 0.2) is 0 Å². The topological polar surface area (TPSA) is 64.1 Å². The molecule has 0 aliphatic carbocycles. The highest BCUT2D eigenvalue weighted by atomic mass is 35.5. The monoisotopic (exact) mass is 269 g/mol. The third-order valence-corrected chi connectivity index (χ3v) is 3.20. The number of hydrogen-bond acceptors (Lipinski definition) is 5. The average Bonchev–Trinajstić information content (AvgIpc) is 2.81. The van der Waals surface area contributed by atoms with Crippen LogP contribution in [-0.4, -0.2) is 35.5 Å². The minimum atomic E-state index is 0.192. The molecule has 1 saturated heterocycles. The summed E-state index contributed by atoms with van der Waals surface area (Å²) in [4.78, 5) is 19.1. The molecule has 0 amide bonds. The molecular formula is C12H16ClN3O2. The lowest BCUT2D eigenvalue weighted by atomic mass is 10.2. The van der Waals surface area contributed by atoms with E-state index in [2.05, 4.69) is 15.3 Å². The predicted octanol–water partition coefficient (Wildman–Crippen LogP) is 2.23. The molecule has 1 N–H and O–H groups in total. The summed E-state index contributed by atoms with van der Waals surface area (Å²) in [5.41, 5.74) is 0.314. The van der Waals surface area contributed by atoms with Gasteiger partial charge >= 0.3 is 0 Å². The number of nitrogens with one attached hydrogen (secondary N) is 1. The molecule has 1 aliphatic rings. The summed E-state index contributed by atoms with van der Waals surface area (Å²) in [5, 5.41) is 3.32. The van der Waals surface area contributed by atoms with Gasteiger partial charge in [0.1, 0.15) is 16.8 Å². The summed E-state index contributed by atoms with van der Waals surface area (Å²) >= 11 is 5.89. The summed E-state index contributed by atoms with van der Waals surface area (Å²) < 4.78 is 5.53. The second-order valence-electron chi connectivity index (χ2n) is 4.29. The summed E-state index contributed by atoms with van der Waals surface area (Å²) in [5.74, 6) is 1.05. The first-order valence-corrected chi connectivity index (χ1v) is 6.43. The minimum Gasteiger partial charge on any atom is -0.378 e. The van der Waals surface area contributed by atoms with Crippen LogP contribution < -0.4 is 5.32 Å². The van der Waals surface area contributed by atoms with Gasteiger partial charge in [0, 0.05) is 13.2 Å². The molecular weight excluding hydrogens is 254 g/mol. The molecule has 18 heavy (non-hydrogen) atoms. The normalized spacial score (nSPS) is 18.9. The van der Waals surface area contributed by atoms with Crippen LogP contribution in [0.5, 0.6) is 0 Å². The summed E-state index contributed by atoms with van der Waals surface area (Å²) in [7, 11) is 0. The van der Waals surface area contributed by atoms with Crippen LogP contribution in [0.3, 0.4) is 0 Å². The van der Waals surface area contributed by atoms with Gasteiger partial charge in [-0.15, -0.1) is 0 Å². The second kappa shape index (κ2) is 6.11. The number of aldehydes is 1. The number of carbonyl (C=O) groups is 1. The van der Waals surface area contributed by atoms with Crippen LogP contribution in [0.1, 0.15) is 35.4 Å². The SMILES string of the molecule is Cc1nc(Cl)c(C=O)c(NCCC2CCCO2)n1. The van der Waals surface area contributed by atoms with Gasteiger partial charge in [0.15, 0.2) is 6.29 Å². The lowest BCUT2D eigenvalue weighted by molar-refractivity contribution is 0.107. The van der Waals surface area contributed by atoms with Gasteiger partial charge < -0.3 is 10.1 Å². The van der Waals surface area contributed by atoms with E-state index >= 15 is 0 Å². The summed E-state index contributed by atoms with van der Waals surface area (Å²) in [6.07, 6.45) is 4.12. The Kier molecular flexibility index (Phi) is 4.49. The van der Waals surface area contributed by atoms with Crippen molar-refractivity contribution in [1.29, 1.82) is 0 Å². The van der Waals surface area contributed by atoms with Crippen LogP contribution in [0.4, 0.5) is 5.82 Å². The molecule has 6 heteroatoms. The number of nitrogens with zero attached hydrogens (tertiary/aromatic N) is 2. The molecule has 1 aromatic heterocycles. The van der Waals surface area contributed by atoms with Gasteiger partial charge in [0.25, 0.3) is 0 Å². The average molecular weight is 270 g/mol. The van der Waals surface area contributed by atoms with E-state index < -0.39 is 0 Å². The van der Waals surface area contributed by atoms with E-state index in [1.807, 2.05) is 0 Å². The molecule has 1 aliphatic heterocycles. The Morgan fingerprint density at radius 1 is 1.56 bits per heavy atom. The number of halogens is 1. The number of aryl methyl sites for hydroxylation is 1. The molecule has 1 fully saturated rings. The molecule has 2 heterocycles. The van der Waals surface area contributed by atoms with Crippen LogP contribution >= 0.6 is 11.6 Å². The molecule has 1 aromatic rings. The van der Waals surface area contributed by atoms with E-state index in [0.717, 1.165) is 25.9 Å². The number of aromatic nitrogens is 2. The van der Waals surface area contributed by atoms with Crippen LogP contribution in [0.2, 0.25) is 5.15 Å². The van der Waals surface area contributed by atoms with E-state index in [9.17, 15) is 4.79 Å². The summed E-state index contributed by atoms with van der Waals surface area (Å²) in [6, 6.07) is 0. The van der Waals surface area contributed by atoms with E-state index in [1.54, 1.807) is 6.92 Å². The van der Waals surface area contributed by atoms with Crippen molar-refractivity contribution in [3.05, 3.63) is 16.5 Å². The first-order valence-electron chi connectivity index (χ1n) is 6.05. The Bertz CT molecular complexity index is 434. The zero-order chi connectivity index (χ0) is 13.0. The fourth-order valence-electron chi connectivity index (χ4n) is 2.01. The maximum absolute atomic E-state index is 10.9. The van der Waals surface area contributed by atoms with Crippen molar-refractivity contribution >= 4 is 23.7 Å². The fraction of sp³-hybridized carbons (Fsp3) is 0.583. The zero-order valence-corrected chi connectivity index (χ0v) is 11.0. The van der Waals surface area contributed by atoms with Gasteiger partial charge in [0.2, 0.25) is 0 Å². The number of ether oxygens (including phenoxy) is 1. The van der Waals surface area contributed by atoms with Crippen molar-refractivity contribution < 1.29 is 9.53 Å². The number of carbonyl (C=O) groups excluding carboxylic acids is 1. The van der Waals surface area contributed by atoms with Crippen LogP contribution in [0, 0.1) is 6.92 Å². The number of hydrogen-bond donors (Lipinski definition) is 1. The first-order chi connectivity index (χ1) is 8.70. The first kappa shape index (κ1) is 13.2. The summed E-state index contributed by atoms with van der Waals surface area (Å²) in [6.45, 7) is 3.30. The molecule has 0 spiro atoms. The van der Waals surface area contributed by atoms with Crippen molar-refractivity contribution in [3.63, 3.8) is 0 Å². The largest absolute Gasteiger partial charge is 0.378 e. The highest BCUT2D eigenvalue weighted by Gasteiger charge is 2.16. The minimum absolute atomic E-state index is 0.192. The fourth-order valence-corrected chi connectivity index (χ4v) is 2.27. The van der Waals surface area contributed by atoms with Gasteiger partial charge in [-0.1, -0.05) is 11.6 Å². The van der Waals surface area contributed by atoms with E-state index in [0.29, 0.717) is 36.1 Å². The van der Waals surface area contributed by atoms with Crippen LogP contribution in [-0.2, 0) is 4.74 Å². The van der Waals surface area contributed by atoms with Crippen molar-refractivity contribution in [2.24, 2.45) is 0 Å².